The van der Waals surface area contributed by atoms with Crippen LogP contribution in [-0.2, 0) is 31.9 Å². The number of hydrogen-bond donors (Lipinski definition) is 0. The lowest BCUT2D eigenvalue weighted by molar-refractivity contribution is -0.154. The third kappa shape index (κ3) is 11.1. The van der Waals surface area contributed by atoms with Gasteiger partial charge >= 0.3 is 11.9 Å². The molecule has 0 bridgehead atoms. The molecule has 7 heteroatoms. The first-order chi connectivity index (χ1) is 29.8. The van der Waals surface area contributed by atoms with Crippen LogP contribution in [0, 0.1) is 0 Å². The highest BCUT2D eigenvalue weighted by Crippen LogP contribution is 2.37. The lowest BCUT2D eigenvalue weighted by Crippen LogP contribution is -2.30. The maximum atomic E-state index is 11.9. The number of para-hydroxylation sites is 3. The van der Waals surface area contributed by atoms with Gasteiger partial charge in [0.05, 0.1) is 0 Å². The molecule has 0 amide bonds. The average Bonchev–Trinajstić information content (AvgIpc) is 3.31. The second-order valence-corrected chi connectivity index (χ2v) is 14.5. The first-order valence-electron chi connectivity index (χ1n) is 20.3. The van der Waals surface area contributed by atoms with Crippen LogP contribution in [0.25, 0.3) is 11.1 Å². The van der Waals surface area contributed by atoms with Crippen molar-refractivity contribution >= 4 is 46.1 Å². The minimum Gasteiger partial charge on any atom is -0.490 e. The summed E-state index contributed by atoms with van der Waals surface area (Å²) in [7, 11) is 0. The zero-order chi connectivity index (χ0) is 42.4. The van der Waals surface area contributed by atoms with Gasteiger partial charge < -0.3 is 24.0 Å². The maximum absolute atomic E-state index is 11.9. The molecule has 304 valence electrons. The fraction of sp³-hybridized carbons (Fsp3) is 0.111. The SMILES string of the molecule is C=CC(=O)OC(COC(=O)C(=C)C)COc1ccc(-c2ccc(N(c3ccccc3)c3ccc(CCc4ccc(N(c5ccccc5)c5ccccc5)cc4)cc3)cc2)cc1. The smallest absolute Gasteiger partial charge is 0.333 e. The summed E-state index contributed by atoms with van der Waals surface area (Å²) in [6.07, 6.45) is 2.11. The van der Waals surface area contributed by atoms with Crippen LogP contribution in [0.5, 0.6) is 5.75 Å². The summed E-state index contributed by atoms with van der Waals surface area (Å²) in [4.78, 5) is 28.3. The van der Waals surface area contributed by atoms with Gasteiger partial charge in [-0.3, -0.25) is 0 Å². The van der Waals surface area contributed by atoms with Gasteiger partial charge in [-0.25, -0.2) is 9.59 Å². The van der Waals surface area contributed by atoms with Gasteiger partial charge in [-0.1, -0.05) is 116 Å². The lowest BCUT2D eigenvalue weighted by Gasteiger charge is -2.26. The van der Waals surface area contributed by atoms with Gasteiger partial charge in [-0.05, 0) is 127 Å². The minimum absolute atomic E-state index is 0.00864. The van der Waals surface area contributed by atoms with E-state index in [9.17, 15) is 9.59 Å². The van der Waals surface area contributed by atoms with Crippen LogP contribution >= 0.6 is 0 Å². The van der Waals surface area contributed by atoms with Crippen molar-refractivity contribution in [1.29, 1.82) is 0 Å². The molecular formula is C54H48N2O5. The molecular weight excluding hydrogens is 757 g/mol. The predicted molar refractivity (Wildman–Crippen MR) is 246 cm³/mol. The molecule has 0 radical (unpaired) electrons. The van der Waals surface area contributed by atoms with E-state index in [1.165, 1.54) is 11.1 Å². The van der Waals surface area contributed by atoms with E-state index in [1.54, 1.807) is 6.92 Å². The number of aryl methyl sites for hydroxylation is 2. The van der Waals surface area contributed by atoms with Crippen LogP contribution in [0.2, 0.25) is 0 Å². The largest absolute Gasteiger partial charge is 0.490 e. The number of benzene rings is 7. The summed E-state index contributed by atoms with van der Waals surface area (Å²) in [5.41, 5.74) is 11.4. The number of carbonyl (C=O) groups excluding carboxylic acids is 2. The Morgan fingerprint density at radius 3 is 1.30 bits per heavy atom. The molecule has 0 saturated carbocycles. The topological polar surface area (TPSA) is 68.3 Å². The number of nitrogens with zero attached hydrogens (tertiary/aromatic N) is 2. The molecule has 0 aliphatic heterocycles. The third-order valence-corrected chi connectivity index (χ3v) is 10.1. The van der Waals surface area contributed by atoms with E-state index in [1.807, 2.05) is 42.5 Å². The molecule has 1 atom stereocenters. The van der Waals surface area contributed by atoms with Crippen LogP contribution in [0.15, 0.2) is 213 Å². The average molecular weight is 805 g/mol. The quantitative estimate of drug-likeness (QED) is 0.0632. The van der Waals surface area contributed by atoms with Gasteiger partial charge in [0.15, 0.2) is 6.10 Å². The highest BCUT2D eigenvalue weighted by atomic mass is 16.6. The fourth-order valence-corrected chi connectivity index (χ4v) is 6.89. The highest BCUT2D eigenvalue weighted by molar-refractivity contribution is 5.87. The molecule has 0 aromatic heterocycles. The van der Waals surface area contributed by atoms with Gasteiger partial charge in [-0.15, -0.1) is 0 Å². The summed E-state index contributed by atoms with van der Waals surface area (Å²) in [6, 6.07) is 65.2. The van der Waals surface area contributed by atoms with Crippen LogP contribution < -0.4 is 14.5 Å². The van der Waals surface area contributed by atoms with Crippen molar-refractivity contribution in [1.82, 2.24) is 0 Å². The van der Waals surface area contributed by atoms with Crippen molar-refractivity contribution in [3.8, 4) is 16.9 Å². The first kappa shape index (κ1) is 41.5. The second-order valence-electron chi connectivity index (χ2n) is 14.5. The van der Waals surface area contributed by atoms with E-state index in [0.29, 0.717) is 5.75 Å². The minimum atomic E-state index is -0.814. The normalized spacial score (nSPS) is 11.2. The molecule has 0 saturated heterocycles. The molecule has 7 nitrogen and oxygen atoms in total. The molecule has 7 aromatic rings. The van der Waals surface area contributed by atoms with Crippen LogP contribution in [-0.4, -0.2) is 31.3 Å². The molecule has 0 spiro atoms. The summed E-state index contributed by atoms with van der Waals surface area (Å²) < 4.78 is 16.4. The standard InChI is InChI=1S/C54H48N2O5/c1-4-53(57)61-52(39-60-54(58)40(2)3)38-59-51-36-28-44(29-37-51)43-26-34-50(35-27-43)56(47-18-12-7-13-19-47)49-32-24-42(25-33-49)21-20-41-22-30-48(31-23-41)55(45-14-8-5-9-15-45)46-16-10-6-11-17-46/h4-19,22-37,52H,1-2,20-21,38-39H2,3H3. The molecule has 0 aliphatic carbocycles. The van der Waals surface area contributed by atoms with E-state index in [4.69, 9.17) is 14.2 Å². The monoisotopic (exact) mass is 804 g/mol. The molecule has 7 rings (SSSR count). The number of hydrogen-bond acceptors (Lipinski definition) is 7. The third-order valence-electron chi connectivity index (χ3n) is 10.1. The first-order valence-corrected chi connectivity index (χ1v) is 20.3. The predicted octanol–water partition coefficient (Wildman–Crippen LogP) is 12.7. The fourth-order valence-electron chi connectivity index (χ4n) is 6.89. The lowest BCUT2D eigenvalue weighted by atomic mass is 10.0. The summed E-state index contributed by atoms with van der Waals surface area (Å²) >= 11 is 0. The number of esters is 2. The zero-order valence-corrected chi connectivity index (χ0v) is 34.2. The van der Waals surface area contributed by atoms with Gasteiger partial charge in [0.2, 0.25) is 0 Å². The van der Waals surface area contributed by atoms with Gasteiger partial charge in [0.25, 0.3) is 0 Å². The molecule has 0 fully saturated rings. The Morgan fingerprint density at radius 1 is 0.525 bits per heavy atom. The van der Waals surface area contributed by atoms with E-state index >= 15 is 0 Å². The van der Waals surface area contributed by atoms with Crippen LogP contribution in [0.3, 0.4) is 0 Å². The van der Waals surface area contributed by atoms with Crippen molar-refractivity contribution in [2.24, 2.45) is 0 Å². The van der Waals surface area contributed by atoms with E-state index in [0.717, 1.165) is 64.2 Å². The molecule has 7 aromatic carbocycles. The molecule has 0 N–H and O–H groups in total. The van der Waals surface area contributed by atoms with Crippen LogP contribution in [0.1, 0.15) is 18.1 Å². The van der Waals surface area contributed by atoms with E-state index in [-0.39, 0.29) is 18.8 Å². The molecule has 0 aliphatic rings. The number of carbonyl (C=O) groups is 2. The molecule has 61 heavy (non-hydrogen) atoms. The Kier molecular flexibility index (Phi) is 13.9. The number of ether oxygens (including phenoxy) is 3. The number of rotatable bonds is 18. The van der Waals surface area contributed by atoms with Gasteiger partial charge in [0.1, 0.15) is 19.0 Å². The summed E-state index contributed by atoms with van der Waals surface area (Å²) in [5.74, 6) is -0.622. The van der Waals surface area contributed by atoms with E-state index < -0.39 is 18.0 Å². The Bertz CT molecular complexity index is 2470. The summed E-state index contributed by atoms with van der Waals surface area (Å²) in [6.45, 7) is 8.38. The second kappa shape index (κ2) is 20.4. The van der Waals surface area contributed by atoms with Crippen molar-refractivity contribution in [3.05, 3.63) is 224 Å². The Morgan fingerprint density at radius 2 is 0.902 bits per heavy atom. The Balaban J connectivity index is 0.999. The molecule has 0 heterocycles. The zero-order valence-electron chi connectivity index (χ0n) is 34.2. The van der Waals surface area contributed by atoms with Gasteiger partial charge in [-0.2, -0.15) is 0 Å². The van der Waals surface area contributed by atoms with Crippen molar-refractivity contribution < 1.29 is 23.8 Å². The number of anilines is 6. The van der Waals surface area contributed by atoms with Gasteiger partial charge in [0, 0.05) is 45.8 Å². The maximum Gasteiger partial charge on any atom is 0.333 e. The Labute approximate surface area is 358 Å². The van der Waals surface area contributed by atoms with Crippen molar-refractivity contribution in [3.63, 3.8) is 0 Å². The Hall–Kier alpha value is -7.64. The van der Waals surface area contributed by atoms with Crippen LogP contribution in [0.4, 0.5) is 34.1 Å². The van der Waals surface area contributed by atoms with E-state index in [2.05, 4.69) is 169 Å². The molecule has 1 unspecified atom stereocenters. The summed E-state index contributed by atoms with van der Waals surface area (Å²) in [5, 5.41) is 0. The van der Waals surface area contributed by atoms with Crippen molar-refractivity contribution in [2.45, 2.75) is 25.9 Å². The van der Waals surface area contributed by atoms with Crippen molar-refractivity contribution in [2.75, 3.05) is 23.0 Å². The highest BCUT2D eigenvalue weighted by Gasteiger charge is 2.18.